The summed E-state index contributed by atoms with van der Waals surface area (Å²) in [7, 11) is 0. The zero-order valence-corrected chi connectivity index (χ0v) is 9.73. The van der Waals surface area contributed by atoms with Crippen molar-refractivity contribution < 1.29 is 9.53 Å². The van der Waals surface area contributed by atoms with Gasteiger partial charge in [-0.15, -0.1) is 0 Å². The highest BCUT2D eigenvalue weighted by Crippen LogP contribution is 2.58. The molecule has 2 heteroatoms. The van der Waals surface area contributed by atoms with Crippen molar-refractivity contribution >= 4 is 5.97 Å². The Morgan fingerprint density at radius 2 is 1.56 bits per heavy atom. The summed E-state index contributed by atoms with van der Waals surface area (Å²) in [5.41, 5.74) is 0. The molecule has 0 aromatic rings. The Morgan fingerprint density at radius 3 is 2.06 bits per heavy atom. The van der Waals surface area contributed by atoms with Gasteiger partial charge in [-0.3, -0.25) is 0 Å². The molecule has 0 amide bonds. The fraction of sp³-hybridized carbons (Fsp3) is 0.786. The predicted molar refractivity (Wildman–Crippen MR) is 61.7 cm³/mol. The van der Waals surface area contributed by atoms with Crippen LogP contribution in [0, 0.1) is 23.7 Å². The van der Waals surface area contributed by atoms with E-state index in [4.69, 9.17) is 4.74 Å². The lowest BCUT2D eigenvalue weighted by Crippen LogP contribution is -2.25. The van der Waals surface area contributed by atoms with E-state index in [1.165, 1.54) is 44.6 Å². The van der Waals surface area contributed by atoms with Crippen molar-refractivity contribution in [3.63, 3.8) is 0 Å². The van der Waals surface area contributed by atoms with Gasteiger partial charge in [-0.25, -0.2) is 4.79 Å². The van der Waals surface area contributed by atoms with Crippen LogP contribution in [0.3, 0.4) is 0 Å². The van der Waals surface area contributed by atoms with Gasteiger partial charge in [0.05, 0.1) is 0 Å². The molecule has 4 unspecified atom stereocenters. The zero-order chi connectivity index (χ0) is 11.1. The predicted octanol–water partition coefficient (Wildman–Crippen LogP) is 2.93. The van der Waals surface area contributed by atoms with E-state index in [-0.39, 0.29) is 12.1 Å². The first-order valence-corrected chi connectivity index (χ1v) is 6.64. The third-order valence-electron chi connectivity index (χ3n) is 5.07. The van der Waals surface area contributed by atoms with Gasteiger partial charge in [-0.2, -0.15) is 0 Å². The summed E-state index contributed by atoms with van der Waals surface area (Å²) < 4.78 is 5.58. The van der Waals surface area contributed by atoms with Gasteiger partial charge in [-0.05, 0) is 49.4 Å². The van der Waals surface area contributed by atoms with Crippen LogP contribution in [0.15, 0.2) is 12.7 Å². The average Bonchev–Trinajstić information content (AvgIpc) is 2.85. The molecule has 3 aliphatic carbocycles. The molecule has 3 rings (SSSR count). The molecule has 0 aliphatic heterocycles. The first-order valence-electron chi connectivity index (χ1n) is 6.64. The van der Waals surface area contributed by atoms with E-state index in [0.29, 0.717) is 11.8 Å². The van der Waals surface area contributed by atoms with Gasteiger partial charge >= 0.3 is 5.97 Å². The fourth-order valence-corrected chi connectivity index (χ4v) is 4.55. The molecule has 0 saturated heterocycles. The van der Waals surface area contributed by atoms with Gasteiger partial charge < -0.3 is 4.74 Å². The highest BCUT2D eigenvalue weighted by Gasteiger charge is 2.56. The number of ether oxygens (including phenoxy) is 1. The molecule has 0 N–H and O–H groups in total. The molecule has 0 spiro atoms. The largest absolute Gasteiger partial charge is 0.459 e. The molecule has 3 saturated carbocycles. The Hall–Kier alpha value is -0.790. The lowest BCUT2D eigenvalue weighted by Gasteiger charge is -2.33. The third kappa shape index (κ3) is 1.42. The van der Waals surface area contributed by atoms with Gasteiger partial charge in [0, 0.05) is 6.08 Å². The lowest BCUT2D eigenvalue weighted by molar-refractivity contribution is -0.145. The van der Waals surface area contributed by atoms with E-state index in [0.717, 1.165) is 11.8 Å². The van der Waals surface area contributed by atoms with E-state index in [2.05, 4.69) is 6.58 Å². The van der Waals surface area contributed by atoms with Gasteiger partial charge in [-0.1, -0.05) is 19.4 Å². The summed E-state index contributed by atoms with van der Waals surface area (Å²) in [6, 6.07) is 0. The molecule has 2 bridgehead atoms. The van der Waals surface area contributed by atoms with Gasteiger partial charge in [0.25, 0.3) is 0 Å². The van der Waals surface area contributed by atoms with Crippen LogP contribution in [-0.4, -0.2) is 12.1 Å². The minimum absolute atomic E-state index is 0.221. The van der Waals surface area contributed by atoms with Crippen molar-refractivity contribution in [1.29, 1.82) is 0 Å². The normalized spacial score (nSPS) is 45.1. The van der Waals surface area contributed by atoms with E-state index in [9.17, 15) is 4.79 Å². The molecule has 3 fully saturated rings. The summed E-state index contributed by atoms with van der Waals surface area (Å²) in [5.74, 6) is 2.82. The molecule has 2 nitrogen and oxygen atoms in total. The Labute approximate surface area is 97.1 Å². The van der Waals surface area contributed by atoms with E-state index >= 15 is 0 Å². The van der Waals surface area contributed by atoms with Crippen LogP contribution in [0.1, 0.15) is 38.5 Å². The number of rotatable bonds is 2. The van der Waals surface area contributed by atoms with Crippen molar-refractivity contribution in [3.05, 3.63) is 12.7 Å². The molecule has 3 aliphatic rings. The summed E-state index contributed by atoms with van der Waals surface area (Å²) in [4.78, 5) is 11.4. The minimum Gasteiger partial charge on any atom is -0.459 e. The smallest absolute Gasteiger partial charge is 0.330 e. The number of carbonyl (C=O) groups excluding carboxylic acids is 1. The van der Waals surface area contributed by atoms with Gasteiger partial charge in [0.2, 0.25) is 0 Å². The Balaban J connectivity index is 1.76. The van der Waals surface area contributed by atoms with E-state index < -0.39 is 0 Å². The van der Waals surface area contributed by atoms with Crippen molar-refractivity contribution in [3.8, 4) is 0 Å². The Morgan fingerprint density at radius 1 is 1.00 bits per heavy atom. The second kappa shape index (κ2) is 3.90. The molecular formula is C14H20O2. The van der Waals surface area contributed by atoms with E-state index in [1.54, 1.807) is 0 Å². The maximum absolute atomic E-state index is 11.4. The number of carbonyl (C=O) groups is 1. The van der Waals surface area contributed by atoms with Crippen LogP contribution in [0.5, 0.6) is 0 Å². The zero-order valence-electron chi connectivity index (χ0n) is 9.73. The van der Waals surface area contributed by atoms with Gasteiger partial charge in [0.15, 0.2) is 0 Å². The SMILES string of the molecule is C=CC(=O)OC1C2CCC1C1CCCCC12. The first-order chi connectivity index (χ1) is 7.81. The van der Waals surface area contributed by atoms with Crippen molar-refractivity contribution in [2.24, 2.45) is 23.7 Å². The summed E-state index contributed by atoms with van der Waals surface area (Å²) >= 11 is 0. The number of hydrogen-bond donors (Lipinski definition) is 0. The van der Waals surface area contributed by atoms with Crippen molar-refractivity contribution in [2.45, 2.75) is 44.6 Å². The molecule has 0 aromatic carbocycles. The summed E-state index contributed by atoms with van der Waals surface area (Å²) in [6.45, 7) is 3.49. The van der Waals surface area contributed by atoms with Crippen LogP contribution in [0.2, 0.25) is 0 Å². The standard InChI is InChI=1S/C14H20O2/c1-2-13(15)16-14-11-7-8-12(14)10-6-4-3-5-9(10)11/h2,9-12,14H,1,3-8H2. The number of hydrogen-bond acceptors (Lipinski definition) is 2. The van der Waals surface area contributed by atoms with Crippen LogP contribution in [-0.2, 0) is 9.53 Å². The molecular weight excluding hydrogens is 200 g/mol. The van der Waals surface area contributed by atoms with Crippen LogP contribution in [0.4, 0.5) is 0 Å². The number of esters is 1. The lowest BCUT2D eigenvalue weighted by atomic mass is 9.71. The van der Waals surface area contributed by atoms with Crippen molar-refractivity contribution in [1.82, 2.24) is 0 Å². The Kier molecular flexibility index (Phi) is 2.53. The second-order valence-corrected chi connectivity index (χ2v) is 5.62. The quantitative estimate of drug-likeness (QED) is 0.528. The number of fused-ring (bicyclic) bond motifs is 5. The fourth-order valence-electron chi connectivity index (χ4n) is 4.55. The third-order valence-corrected chi connectivity index (χ3v) is 5.07. The molecule has 88 valence electrons. The molecule has 16 heavy (non-hydrogen) atoms. The molecule has 0 heterocycles. The van der Waals surface area contributed by atoms with Crippen molar-refractivity contribution in [2.75, 3.05) is 0 Å². The first kappa shape index (κ1) is 10.4. The van der Waals surface area contributed by atoms with Crippen LogP contribution >= 0.6 is 0 Å². The van der Waals surface area contributed by atoms with Crippen LogP contribution < -0.4 is 0 Å². The maximum Gasteiger partial charge on any atom is 0.330 e. The summed E-state index contributed by atoms with van der Waals surface area (Å²) in [5, 5.41) is 0. The molecule has 0 radical (unpaired) electrons. The minimum atomic E-state index is -0.222. The topological polar surface area (TPSA) is 26.3 Å². The second-order valence-electron chi connectivity index (χ2n) is 5.62. The maximum atomic E-state index is 11.4. The average molecular weight is 220 g/mol. The highest BCUT2D eigenvalue weighted by atomic mass is 16.5. The summed E-state index contributed by atoms with van der Waals surface area (Å²) in [6.07, 6.45) is 9.59. The van der Waals surface area contributed by atoms with Gasteiger partial charge in [0.1, 0.15) is 6.10 Å². The monoisotopic (exact) mass is 220 g/mol. The molecule has 0 aromatic heterocycles. The Bertz CT molecular complexity index is 290. The molecule has 4 atom stereocenters. The highest BCUT2D eigenvalue weighted by molar-refractivity contribution is 5.81. The van der Waals surface area contributed by atoms with Crippen LogP contribution in [0.25, 0.3) is 0 Å². The van der Waals surface area contributed by atoms with E-state index in [1.807, 2.05) is 0 Å².